The van der Waals surface area contributed by atoms with E-state index in [1.165, 1.54) is 134 Å². The number of ether oxygens (including phenoxy) is 2. The van der Waals surface area contributed by atoms with Crippen LogP contribution >= 0.6 is 0 Å². The molecule has 0 fully saturated rings. The van der Waals surface area contributed by atoms with Crippen molar-refractivity contribution in [3.8, 4) is 67.5 Å². The van der Waals surface area contributed by atoms with Crippen LogP contribution in [0.15, 0.2) is 376 Å². The third-order valence-corrected chi connectivity index (χ3v) is 26.3. The second kappa shape index (κ2) is 30.1. The zero-order chi connectivity index (χ0) is 80.6. The lowest BCUT2D eigenvalue weighted by molar-refractivity contribution is 0.481. The van der Waals surface area contributed by atoms with E-state index in [0.717, 1.165) is 70.0 Å². The molecule has 20 rings (SSSR count). The number of benzene rings is 16. The van der Waals surface area contributed by atoms with Crippen LogP contribution in [0.2, 0.25) is 0 Å². The van der Waals surface area contributed by atoms with Crippen molar-refractivity contribution in [2.75, 3.05) is 9.80 Å². The number of para-hydroxylation sites is 2. The van der Waals surface area contributed by atoms with Gasteiger partial charge in [0.1, 0.15) is 23.0 Å². The van der Waals surface area contributed by atoms with E-state index >= 15 is 0 Å². The van der Waals surface area contributed by atoms with Gasteiger partial charge in [-0.15, -0.1) is 0 Å². The molecule has 4 aliphatic rings. The Morgan fingerprint density at radius 3 is 0.864 bits per heavy atom. The topological polar surface area (TPSA) is 24.9 Å². The Balaban J connectivity index is 0.000000157. The smallest absolute Gasteiger partial charge is 0.127 e. The summed E-state index contributed by atoms with van der Waals surface area (Å²) >= 11 is 0. The minimum Gasteiger partial charge on any atom is -0.457 e. The molecule has 0 heterocycles. The minimum absolute atomic E-state index is 0.112. The summed E-state index contributed by atoms with van der Waals surface area (Å²) in [5, 5.41) is 0. The van der Waals surface area contributed by atoms with Gasteiger partial charge in [-0.2, -0.15) is 0 Å². The van der Waals surface area contributed by atoms with Crippen LogP contribution in [-0.2, 0) is 21.7 Å². The molecule has 4 unspecified atom stereocenters. The van der Waals surface area contributed by atoms with Gasteiger partial charge in [0.15, 0.2) is 0 Å². The highest BCUT2D eigenvalue weighted by molar-refractivity contribution is 5.94. The van der Waals surface area contributed by atoms with E-state index in [-0.39, 0.29) is 10.8 Å². The molecular weight excluding hydrogens is 1430 g/mol. The van der Waals surface area contributed by atoms with Gasteiger partial charge in [0.2, 0.25) is 0 Å². The van der Waals surface area contributed by atoms with Crippen molar-refractivity contribution in [1.29, 1.82) is 0 Å². The third-order valence-electron chi connectivity index (χ3n) is 26.3. The maximum atomic E-state index is 6.49. The number of fused-ring (bicyclic) bond motifs is 12. The number of hydrogen-bond donors (Lipinski definition) is 0. The largest absolute Gasteiger partial charge is 0.457 e. The Labute approximate surface area is 697 Å². The highest BCUT2D eigenvalue weighted by atomic mass is 16.5. The summed E-state index contributed by atoms with van der Waals surface area (Å²) in [4.78, 5) is 4.88. The predicted octanol–water partition coefficient (Wildman–Crippen LogP) is 30.9. The molecule has 0 saturated heterocycles. The zero-order valence-corrected chi connectivity index (χ0v) is 69.1. The quantitative estimate of drug-likeness (QED) is 0.0855. The lowest BCUT2D eigenvalue weighted by Gasteiger charge is -2.35. The van der Waals surface area contributed by atoms with Crippen LogP contribution in [0.4, 0.5) is 34.1 Å². The molecule has 0 bridgehead atoms. The number of aryl methyl sites for hydroxylation is 2. The summed E-state index contributed by atoms with van der Waals surface area (Å²) in [6, 6.07) is 139. The molecular formula is C114H98N2O2. The minimum atomic E-state index is -0.584. The van der Waals surface area contributed by atoms with E-state index < -0.39 is 10.8 Å². The highest BCUT2D eigenvalue weighted by Crippen LogP contribution is 2.61. The third kappa shape index (κ3) is 12.6. The molecule has 0 N–H and O–H groups in total. The van der Waals surface area contributed by atoms with Gasteiger partial charge in [0.05, 0.1) is 10.8 Å². The van der Waals surface area contributed by atoms with Crippen molar-refractivity contribution in [2.24, 2.45) is 0 Å². The van der Waals surface area contributed by atoms with Gasteiger partial charge >= 0.3 is 0 Å². The van der Waals surface area contributed by atoms with Crippen molar-refractivity contribution in [2.45, 2.75) is 116 Å². The molecule has 16 aromatic carbocycles. The van der Waals surface area contributed by atoms with Crippen LogP contribution in [0.5, 0.6) is 23.0 Å². The molecule has 4 nitrogen and oxygen atoms in total. The number of hydrogen-bond acceptors (Lipinski definition) is 4. The van der Waals surface area contributed by atoms with Gasteiger partial charge in [0, 0.05) is 45.0 Å². The molecule has 4 aliphatic carbocycles. The standard InChI is InChI=1S/C58H51NO.C56H47NO/c1-7-40(4)41-21-27-47(28-22-41)60-48-29-23-42(24-30-48)58(43-34-38(2)33-39(3)35-43)54-20-14-12-18-50(54)52-32-26-46(37-56(52)58)59(44-15-9-8-10-16-44)45-25-31-51-49-17-11-13-19-53(49)57(5,6)55(51)36-45;1-5-38(2)39-24-30-45(31-25-39)58-46-32-26-41(27-33-46)56(40-16-8-6-9-17-40)52-23-15-13-21-48(52)50-35-29-44(37-54(50)56)57(42-18-10-7-11-19-42)43-28-34-49-47-20-12-14-22-51(47)55(3,4)53(49)36-43/h8-37,40H,7H2,1-6H3;6-38H,5H2,1-4H3. The van der Waals surface area contributed by atoms with E-state index in [2.05, 4.69) is 455 Å². The van der Waals surface area contributed by atoms with Crippen LogP contribution in [0.25, 0.3) is 44.5 Å². The van der Waals surface area contributed by atoms with Gasteiger partial charge in [0.25, 0.3) is 0 Å². The van der Waals surface area contributed by atoms with Gasteiger partial charge in [-0.3, -0.25) is 0 Å². The van der Waals surface area contributed by atoms with E-state index in [9.17, 15) is 0 Å². The first-order valence-electron chi connectivity index (χ1n) is 42.1. The van der Waals surface area contributed by atoms with Crippen molar-refractivity contribution in [3.63, 3.8) is 0 Å². The molecule has 4 atom stereocenters. The van der Waals surface area contributed by atoms with Crippen molar-refractivity contribution < 1.29 is 9.47 Å². The number of anilines is 6. The van der Waals surface area contributed by atoms with Crippen LogP contribution in [0.1, 0.15) is 169 Å². The SMILES string of the molecule is CCC(C)c1ccc(Oc2ccc(C3(c4cc(C)cc(C)c4)c4ccccc4-c4ccc(N(c5ccccc5)c5ccc6c(c5)C(C)(C)c5ccccc5-6)cc43)cc2)cc1.CCC(C)c1ccc(Oc2ccc(C3(c4ccccc4)c4ccccc4-c4ccc(N(c5ccccc5)c5ccc6c(c5)C(C)(C)c5ccccc5-6)cc43)cc2)cc1. The van der Waals surface area contributed by atoms with Crippen LogP contribution in [0, 0.1) is 13.8 Å². The second-order valence-corrected chi connectivity index (χ2v) is 33.9. The first kappa shape index (κ1) is 74.8. The van der Waals surface area contributed by atoms with Crippen LogP contribution in [0.3, 0.4) is 0 Å². The molecule has 0 aromatic heterocycles. The molecule has 4 heteroatoms. The molecule has 118 heavy (non-hydrogen) atoms. The summed E-state index contributed by atoms with van der Waals surface area (Å²) in [6.45, 7) is 22.9. The van der Waals surface area contributed by atoms with Crippen molar-refractivity contribution in [1.82, 2.24) is 0 Å². The molecule has 0 saturated carbocycles. The Morgan fingerprint density at radius 1 is 0.237 bits per heavy atom. The summed E-state index contributed by atoms with van der Waals surface area (Å²) in [5.41, 5.74) is 36.4. The van der Waals surface area contributed by atoms with Crippen molar-refractivity contribution >= 4 is 34.1 Å². The molecule has 0 aliphatic heterocycles. The molecule has 0 amide bonds. The fourth-order valence-electron chi connectivity index (χ4n) is 20.0. The number of rotatable bonds is 18. The van der Waals surface area contributed by atoms with E-state index in [0.29, 0.717) is 11.8 Å². The Kier molecular flexibility index (Phi) is 19.1. The highest BCUT2D eigenvalue weighted by Gasteiger charge is 2.49. The lowest BCUT2D eigenvalue weighted by Crippen LogP contribution is -2.29. The van der Waals surface area contributed by atoms with E-state index in [1.807, 2.05) is 0 Å². The average Bonchev–Trinajstić information content (AvgIpc) is 1.53. The molecule has 16 aromatic rings. The molecule has 0 radical (unpaired) electrons. The summed E-state index contributed by atoms with van der Waals surface area (Å²) in [6.07, 6.45) is 2.23. The normalized spacial score (nSPS) is 16.1. The molecule has 576 valence electrons. The first-order chi connectivity index (χ1) is 57.5. The van der Waals surface area contributed by atoms with Gasteiger partial charge in [-0.25, -0.2) is 0 Å². The van der Waals surface area contributed by atoms with Gasteiger partial charge in [-0.1, -0.05) is 321 Å². The fourth-order valence-corrected chi connectivity index (χ4v) is 20.0. The predicted molar refractivity (Wildman–Crippen MR) is 492 cm³/mol. The van der Waals surface area contributed by atoms with Crippen LogP contribution < -0.4 is 19.3 Å². The van der Waals surface area contributed by atoms with E-state index in [4.69, 9.17) is 9.47 Å². The monoisotopic (exact) mass is 1530 g/mol. The summed E-state index contributed by atoms with van der Waals surface area (Å²) < 4.78 is 12.9. The zero-order valence-electron chi connectivity index (χ0n) is 69.1. The Bertz CT molecular complexity index is 6420. The Morgan fingerprint density at radius 2 is 0.508 bits per heavy atom. The summed E-state index contributed by atoms with van der Waals surface area (Å²) in [5.74, 6) is 4.38. The van der Waals surface area contributed by atoms with E-state index in [1.54, 1.807) is 0 Å². The summed E-state index contributed by atoms with van der Waals surface area (Å²) in [7, 11) is 0. The van der Waals surface area contributed by atoms with Gasteiger partial charge < -0.3 is 19.3 Å². The maximum absolute atomic E-state index is 6.49. The molecule has 0 spiro atoms. The first-order valence-corrected chi connectivity index (χ1v) is 42.1. The van der Waals surface area contributed by atoms with Crippen molar-refractivity contribution in [3.05, 3.63) is 465 Å². The second-order valence-electron chi connectivity index (χ2n) is 33.9. The van der Waals surface area contributed by atoms with Gasteiger partial charge in [-0.05, 0) is 282 Å². The average molecular weight is 1530 g/mol. The lowest BCUT2D eigenvalue weighted by atomic mass is 9.67. The fraction of sp³-hybridized carbons (Fsp3) is 0.158. The maximum Gasteiger partial charge on any atom is 0.127 e. The number of nitrogens with zero attached hydrogens (tertiary/aromatic N) is 2. The van der Waals surface area contributed by atoms with Crippen LogP contribution in [-0.4, -0.2) is 0 Å². The Hall–Kier alpha value is -13.3.